The number of rotatable bonds is 3. The number of β-amino-alcohol motifs (C(OH)–C–C–N with tert-alkyl or cyclic N) is 1. The first kappa shape index (κ1) is 13.1. The van der Waals surface area contributed by atoms with E-state index >= 15 is 0 Å². The van der Waals surface area contributed by atoms with Crippen molar-refractivity contribution in [2.45, 2.75) is 31.8 Å². The van der Waals surface area contributed by atoms with Gasteiger partial charge in [-0.3, -0.25) is 0 Å². The van der Waals surface area contributed by atoms with E-state index in [-0.39, 0.29) is 0 Å². The fraction of sp³-hybridized carbons (Fsp3) is 0.533. The standard InChI is InChI=1S/C15H20N2O/c16-11-13-5-7-14(8-6-13)15(18)12-17-9-3-1-2-4-10-17/h5-8,15,18H,1-4,9-10,12H2. The lowest BCUT2D eigenvalue weighted by Gasteiger charge is -2.23. The zero-order valence-electron chi connectivity index (χ0n) is 10.7. The van der Waals surface area contributed by atoms with Gasteiger partial charge in [0.15, 0.2) is 0 Å². The molecule has 0 radical (unpaired) electrons. The number of nitrogens with zero attached hydrogens (tertiary/aromatic N) is 2. The molecule has 1 aromatic carbocycles. The Hall–Kier alpha value is -1.37. The van der Waals surface area contributed by atoms with Crippen LogP contribution in [0.25, 0.3) is 0 Å². The van der Waals surface area contributed by atoms with Crippen LogP contribution in [-0.4, -0.2) is 29.6 Å². The van der Waals surface area contributed by atoms with Crippen LogP contribution in [0.15, 0.2) is 24.3 Å². The molecule has 1 aliphatic heterocycles. The normalized spacial score (nSPS) is 18.9. The van der Waals surface area contributed by atoms with Crippen molar-refractivity contribution in [2.24, 2.45) is 0 Å². The first-order valence-electron chi connectivity index (χ1n) is 6.70. The minimum Gasteiger partial charge on any atom is -0.387 e. The maximum Gasteiger partial charge on any atom is 0.0991 e. The highest BCUT2D eigenvalue weighted by Gasteiger charge is 2.14. The second-order valence-corrected chi connectivity index (χ2v) is 4.96. The van der Waals surface area contributed by atoms with Crippen LogP contribution in [-0.2, 0) is 0 Å². The molecular weight excluding hydrogens is 224 g/mol. The van der Waals surface area contributed by atoms with E-state index in [9.17, 15) is 5.11 Å². The van der Waals surface area contributed by atoms with Crippen LogP contribution < -0.4 is 0 Å². The lowest BCUT2D eigenvalue weighted by atomic mass is 10.1. The van der Waals surface area contributed by atoms with Gasteiger partial charge in [-0.2, -0.15) is 5.26 Å². The Balaban J connectivity index is 1.93. The minimum absolute atomic E-state index is 0.448. The number of aliphatic hydroxyl groups is 1. The molecule has 0 spiro atoms. The van der Waals surface area contributed by atoms with Gasteiger partial charge < -0.3 is 10.0 Å². The van der Waals surface area contributed by atoms with Crippen LogP contribution in [0, 0.1) is 11.3 Å². The molecule has 1 fully saturated rings. The minimum atomic E-state index is -0.448. The van der Waals surface area contributed by atoms with Gasteiger partial charge in [0.05, 0.1) is 17.7 Å². The van der Waals surface area contributed by atoms with E-state index < -0.39 is 6.10 Å². The molecule has 1 aliphatic rings. The third kappa shape index (κ3) is 3.56. The Morgan fingerprint density at radius 2 is 1.72 bits per heavy atom. The lowest BCUT2D eigenvalue weighted by Crippen LogP contribution is -2.29. The van der Waals surface area contributed by atoms with Crippen LogP contribution in [0.4, 0.5) is 0 Å². The fourth-order valence-corrected chi connectivity index (χ4v) is 2.45. The van der Waals surface area contributed by atoms with Gasteiger partial charge in [-0.05, 0) is 43.6 Å². The van der Waals surface area contributed by atoms with Crippen molar-refractivity contribution in [2.75, 3.05) is 19.6 Å². The van der Waals surface area contributed by atoms with E-state index in [0.717, 1.165) is 18.7 Å². The van der Waals surface area contributed by atoms with E-state index in [1.165, 1.54) is 25.7 Å². The second kappa shape index (κ2) is 6.53. The third-order valence-corrected chi connectivity index (χ3v) is 3.55. The van der Waals surface area contributed by atoms with Crippen LogP contribution >= 0.6 is 0 Å². The predicted octanol–water partition coefficient (Wildman–Crippen LogP) is 2.47. The summed E-state index contributed by atoms with van der Waals surface area (Å²) in [6.07, 6.45) is 4.64. The molecule has 2 rings (SSSR count). The average Bonchev–Trinajstić information content (AvgIpc) is 2.67. The summed E-state index contributed by atoms with van der Waals surface area (Å²) in [6.45, 7) is 2.88. The van der Waals surface area contributed by atoms with Crippen molar-refractivity contribution in [3.63, 3.8) is 0 Å². The highest BCUT2D eigenvalue weighted by Crippen LogP contribution is 2.17. The van der Waals surface area contributed by atoms with E-state index in [1.807, 2.05) is 12.1 Å². The van der Waals surface area contributed by atoms with Crippen molar-refractivity contribution < 1.29 is 5.11 Å². The van der Waals surface area contributed by atoms with E-state index in [2.05, 4.69) is 11.0 Å². The smallest absolute Gasteiger partial charge is 0.0991 e. The van der Waals surface area contributed by atoms with Crippen LogP contribution in [0.1, 0.15) is 42.9 Å². The maximum absolute atomic E-state index is 10.2. The molecule has 1 aromatic rings. The largest absolute Gasteiger partial charge is 0.387 e. The van der Waals surface area contributed by atoms with E-state index in [1.54, 1.807) is 12.1 Å². The summed E-state index contributed by atoms with van der Waals surface area (Å²) in [5, 5.41) is 18.9. The monoisotopic (exact) mass is 244 g/mol. The summed E-state index contributed by atoms with van der Waals surface area (Å²) in [4.78, 5) is 2.34. The highest BCUT2D eigenvalue weighted by molar-refractivity contribution is 5.32. The molecule has 1 N–H and O–H groups in total. The van der Waals surface area contributed by atoms with Crippen molar-refractivity contribution >= 4 is 0 Å². The summed E-state index contributed by atoms with van der Waals surface area (Å²) in [5.41, 5.74) is 1.54. The molecule has 1 unspecified atom stereocenters. The number of hydrogen-bond donors (Lipinski definition) is 1. The van der Waals surface area contributed by atoms with Gasteiger partial charge >= 0.3 is 0 Å². The quantitative estimate of drug-likeness (QED) is 0.888. The van der Waals surface area contributed by atoms with E-state index in [0.29, 0.717) is 12.1 Å². The van der Waals surface area contributed by atoms with Crippen molar-refractivity contribution in [1.82, 2.24) is 4.90 Å². The predicted molar refractivity (Wildman–Crippen MR) is 71.0 cm³/mol. The Labute approximate surface area is 109 Å². The first-order chi connectivity index (χ1) is 8.79. The van der Waals surface area contributed by atoms with Crippen LogP contribution in [0.3, 0.4) is 0 Å². The van der Waals surface area contributed by atoms with Gasteiger partial charge in [-0.1, -0.05) is 25.0 Å². The third-order valence-electron chi connectivity index (χ3n) is 3.55. The summed E-state index contributed by atoms with van der Waals surface area (Å²) in [6, 6.07) is 9.32. The van der Waals surface area contributed by atoms with Gasteiger partial charge in [0.25, 0.3) is 0 Å². The summed E-state index contributed by atoms with van der Waals surface area (Å²) >= 11 is 0. The van der Waals surface area contributed by atoms with Gasteiger partial charge in [0.1, 0.15) is 0 Å². The molecule has 1 heterocycles. The Morgan fingerprint density at radius 1 is 1.11 bits per heavy atom. The molecule has 96 valence electrons. The number of hydrogen-bond acceptors (Lipinski definition) is 3. The lowest BCUT2D eigenvalue weighted by molar-refractivity contribution is 0.115. The van der Waals surface area contributed by atoms with Crippen molar-refractivity contribution in [1.29, 1.82) is 5.26 Å². The number of nitriles is 1. The number of aliphatic hydroxyl groups excluding tert-OH is 1. The van der Waals surface area contributed by atoms with Gasteiger partial charge in [0.2, 0.25) is 0 Å². The molecule has 18 heavy (non-hydrogen) atoms. The molecule has 0 bridgehead atoms. The Kier molecular flexibility index (Phi) is 4.74. The summed E-state index contributed by atoms with van der Waals surface area (Å²) in [7, 11) is 0. The average molecular weight is 244 g/mol. The second-order valence-electron chi connectivity index (χ2n) is 4.96. The zero-order chi connectivity index (χ0) is 12.8. The molecule has 1 atom stereocenters. The van der Waals surface area contributed by atoms with Gasteiger partial charge in [0, 0.05) is 6.54 Å². The topological polar surface area (TPSA) is 47.3 Å². The van der Waals surface area contributed by atoms with Gasteiger partial charge in [-0.15, -0.1) is 0 Å². The maximum atomic E-state index is 10.2. The Morgan fingerprint density at radius 3 is 2.28 bits per heavy atom. The van der Waals surface area contributed by atoms with Gasteiger partial charge in [-0.25, -0.2) is 0 Å². The fourth-order valence-electron chi connectivity index (χ4n) is 2.45. The molecule has 3 nitrogen and oxygen atoms in total. The summed E-state index contributed by atoms with van der Waals surface area (Å²) < 4.78 is 0. The SMILES string of the molecule is N#Cc1ccc(C(O)CN2CCCCCC2)cc1. The number of benzene rings is 1. The highest BCUT2D eigenvalue weighted by atomic mass is 16.3. The molecule has 0 aliphatic carbocycles. The molecular formula is C15H20N2O. The first-order valence-corrected chi connectivity index (χ1v) is 6.70. The summed E-state index contributed by atoms with van der Waals surface area (Å²) in [5.74, 6) is 0. The van der Waals surface area contributed by atoms with Crippen LogP contribution in [0.2, 0.25) is 0 Å². The molecule has 0 aromatic heterocycles. The van der Waals surface area contributed by atoms with Crippen molar-refractivity contribution in [3.8, 4) is 6.07 Å². The molecule has 1 saturated heterocycles. The molecule has 0 saturated carbocycles. The van der Waals surface area contributed by atoms with Crippen molar-refractivity contribution in [3.05, 3.63) is 35.4 Å². The Bertz CT molecular complexity index is 399. The number of likely N-dealkylation sites (tertiary alicyclic amines) is 1. The molecule has 0 amide bonds. The molecule has 3 heteroatoms. The van der Waals surface area contributed by atoms with Crippen LogP contribution in [0.5, 0.6) is 0 Å². The zero-order valence-corrected chi connectivity index (χ0v) is 10.7. The van der Waals surface area contributed by atoms with E-state index in [4.69, 9.17) is 5.26 Å².